The maximum atomic E-state index is 13.0. The van der Waals surface area contributed by atoms with Gasteiger partial charge in [-0.2, -0.15) is 0 Å². The Morgan fingerprint density at radius 3 is 2.26 bits per heavy atom. The van der Waals surface area contributed by atoms with E-state index in [1.807, 2.05) is 0 Å². The largest absolute Gasteiger partial charge is 0.479 e. The van der Waals surface area contributed by atoms with Gasteiger partial charge in [0.1, 0.15) is 5.56 Å². The van der Waals surface area contributed by atoms with Crippen molar-refractivity contribution in [3.63, 3.8) is 0 Å². The van der Waals surface area contributed by atoms with Gasteiger partial charge in [-0.25, -0.2) is 4.79 Å². The molecule has 0 unspecified atom stereocenters. The monoisotopic (exact) mass is 377 g/mol. The van der Waals surface area contributed by atoms with Crippen LogP contribution in [0.3, 0.4) is 0 Å². The molecule has 1 aromatic rings. The molecule has 1 aromatic carbocycles. The standard InChI is InChI=1S/C17H19N3O7/c1-16(2,3)17(15(24)25,8-7-11(18)21)19-13(22)9-5-4-6-10(20(26)27)12(9)14(19)23/h4-6H,7-8H2,1-3H3,(H2,18,21)(H,24,25)/t17-/m1/s1. The number of amides is 3. The molecule has 3 N–H and O–H groups in total. The van der Waals surface area contributed by atoms with Gasteiger partial charge in [-0.05, 0) is 17.9 Å². The molecule has 10 heteroatoms. The molecular formula is C17H19N3O7. The number of hydrogen-bond acceptors (Lipinski definition) is 6. The number of aliphatic carboxylic acids is 1. The average Bonchev–Trinajstić information content (AvgIpc) is 2.79. The number of carboxylic acids is 1. The Bertz CT molecular complexity index is 872. The number of nitro benzene ring substituents is 1. The topological polar surface area (TPSA) is 161 Å². The molecule has 1 heterocycles. The Morgan fingerprint density at radius 1 is 1.22 bits per heavy atom. The second-order valence-corrected chi connectivity index (χ2v) is 7.28. The van der Waals surface area contributed by atoms with Gasteiger partial charge < -0.3 is 10.8 Å². The third-order valence-electron chi connectivity index (χ3n) is 4.80. The van der Waals surface area contributed by atoms with Crippen molar-refractivity contribution >= 4 is 29.4 Å². The van der Waals surface area contributed by atoms with Gasteiger partial charge in [-0.1, -0.05) is 26.8 Å². The lowest BCUT2D eigenvalue weighted by molar-refractivity contribution is -0.385. The number of rotatable bonds is 6. The summed E-state index contributed by atoms with van der Waals surface area (Å²) >= 11 is 0. The van der Waals surface area contributed by atoms with E-state index in [2.05, 4.69) is 0 Å². The van der Waals surface area contributed by atoms with Crippen molar-refractivity contribution in [3.8, 4) is 0 Å². The van der Waals surface area contributed by atoms with Crippen LogP contribution in [0.1, 0.15) is 54.3 Å². The minimum Gasteiger partial charge on any atom is -0.479 e. The van der Waals surface area contributed by atoms with Gasteiger partial charge in [0.05, 0.1) is 10.5 Å². The summed E-state index contributed by atoms with van der Waals surface area (Å²) in [6.45, 7) is 4.50. The number of nitrogens with two attached hydrogens (primary N) is 1. The molecule has 27 heavy (non-hydrogen) atoms. The van der Waals surface area contributed by atoms with Crippen molar-refractivity contribution in [1.82, 2.24) is 4.90 Å². The number of carboxylic acid groups (broad SMARTS) is 1. The molecule has 0 aromatic heterocycles. The minimum atomic E-state index is -2.12. The third-order valence-corrected chi connectivity index (χ3v) is 4.80. The zero-order valence-electron chi connectivity index (χ0n) is 15.0. The average molecular weight is 377 g/mol. The summed E-state index contributed by atoms with van der Waals surface area (Å²) in [5.41, 5.74) is 0.539. The summed E-state index contributed by atoms with van der Waals surface area (Å²) in [7, 11) is 0. The van der Waals surface area contributed by atoms with Crippen LogP contribution in [-0.2, 0) is 9.59 Å². The quantitative estimate of drug-likeness (QED) is 0.429. The number of primary amides is 1. The smallest absolute Gasteiger partial charge is 0.330 e. The third kappa shape index (κ3) is 2.92. The van der Waals surface area contributed by atoms with Crippen LogP contribution < -0.4 is 5.73 Å². The number of carbonyl (C=O) groups excluding carboxylic acids is 3. The Balaban J connectivity index is 2.74. The number of benzene rings is 1. The molecule has 144 valence electrons. The lowest BCUT2D eigenvalue weighted by Gasteiger charge is -2.46. The maximum absolute atomic E-state index is 13.0. The van der Waals surface area contributed by atoms with Gasteiger partial charge in [-0.15, -0.1) is 0 Å². The van der Waals surface area contributed by atoms with E-state index < -0.39 is 57.2 Å². The van der Waals surface area contributed by atoms with Crippen molar-refractivity contribution in [3.05, 3.63) is 39.4 Å². The van der Waals surface area contributed by atoms with Crippen LogP contribution in [-0.4, -0.2) is 44.2 Å². The molecule has 3 amide bonds. The van der Waals surface area contributed by atoms with Crippen LogP contribution in [0, 0.1) is 15.5 Å². The minimum absolute atomic E-state index is 0.247. The van der Waals surface area contributed by atoms with Crippen molar-refractivity contribution in [2.75, 3.05) is 0 Å². The first-order valence-electron chi connectivity index (χ1n) is 8.04. The molecule has 0 aliphatic carbocycles. The number of fused-ring (bicyclic) bond motifs is 1. The molecule has 1 aliphatic heterocycles. The van der Waals surface area contributed by atoms with Crippen LogP contribution in [0.25, 0.3) is 0 Å². The summed E-state index contributed by atoms with van der Waals surface area (Å²) in [6, 6.07) is 3.54. The first-order valence-corrected chi connectivity index (χ1v) is 8.04. The van der Waals surface area contributed by atoms with E-state index in [1.54, 1.807) is 0 Å². The van der Waals surface area contributed by atoms with Gasteiger partial charge in [0.15, 0.2) is 5.54 Å². The summed E-state index contributed by atoms with van der Waals surface area (Å²) in [4.78, 5) is 60.5. The van der Waals surface area contributed by atoms with E-state index in [9.17, 15) is 34.4 Å². The number of nitrogens with zero attached hydrogens (tertiary/aromatic N) is 2. The molecule has 0 spiro atoms. The highest BCUT2D eigenvalue weighted by Crippen LogP contribution is 2.45. The fourth-order valence-electron chi connectivity index (χ4n) is 3.42. The van der Waals surface area contributed by atoms with E-state index in [0.717, 1.165) is 6.07 Å². The van der Waals surface area contributed by atoms with Gasteiger partial charge in [-0.3, -0.25) is 29.4 Å². The summed E-state index contributed by atoms with van der Waals surface area (Å²) < 4.78 is 0. The molecule has 0 fully saturated rings. The van der Waals surface area contributed by atoms with Gasteiger partial charge in [0.25, 0.3) is 17.5 Å². The highest BCUT2D eigenvalue weighted by atomic mass is 16.6. The van der Waals surface area contributed by atoms with Gasteiger partial charge >= 0.3 is 5.97 Å². The van der Waals surface area contributed by atoms with Crippen LogP contribution in [0.4, 0.5) is 5.69 Å². The first kappa shape index (κ1) is 20.0. The molecule has 0 saturated carbocycles. The van der Waals surface area contributed by atoms with Crippen molar-refractivity contribution in [1.29, 1.82) is 0 Å². The predicted octanol–water partition coefficient (Wildman–Crippen LogP) is 1.33. The van der Waals surface area contributed by atoms with Crippen LogP contribution in [0.2, 0.25) is 0 Å². The van der Waals surface area contributed by atoms with Crippen molar-refractivity contribution in [2.24, 2.45) is 11.1 Å². The van der Waals surface area contributed by atoms with Crippen molar-refractivity contribution < 1.29 is 29.2 Å². The number of hydrogen-bond donors (Lipinski definition) is 2. The normalized spacial score (nSPS) is 16.0. The highest BCUT2D eigenvalue weighted by molar-refractivity contribution is 6.25. The molecule has 0 bridgehead atoms. The molecule has 1 aliphatic rings. The lowest BCUT2D eigenvalue weighted by Crippen LogP contribution is -2.64. The van der Waals surface area contributed by atoms with E-state index in [1.165, 1.54) is 32.9 Å². The Hall–Kier alpha value is -3.30. The molecule has 2 rings (SSSR count). The van der Waals surface area contributed by atoms with Crippen molar-refractivity contribution in [2.45, 2.75) is 39.2 Å². The lowest BCUT2D eigenvalue weighted by atomic mass is 9.69. The highest BCUT2D eigenvalue weighted by Gasteiger charge is 2.60. The zero-order chi connectivity index (χ0) is 20.7. The molecule has 0 saturated heterocycles. The molecular weight excluding hydrogens is 358 g/mol. The van der Waals surface area contributed by atoms with E-state index in [-0.39, 0.29) is 12.0 Å². The fourth-order valence-corrected chi connectivity index (χ4v) is 3.42. The second kappa shape index (κ2) is 6.45. The van der Waals surface area contributed by atoms with E-state index >= 15 is 0 Å². The van der Waals surface area contributed by atoms with Gasteiger partial charge in [0.2, 0.25) is 5.91 Å². The number of nitro groups is 1. The number of carbonyl (C=O) groups is 4. The van der Waals surface area contributed by atoms with E-state index in [0.29, 0.717) is 4.90 Å². The Kier molecular flexibility index (Phi) is 4.78. The predicted molar refractivity (Wildman–Crippen MR) is 91.8 cm³/mol. The number of imide groups is 1. The van der Waals surface area contributed by atoms with Gasteiger partial charge in [0, 0.05) is 12.5 Å². The van der Waals surface area contributed by atoms with Crippen LogP contribution >= 0.6 is 0 Å². The van der Waals surface area contributed by atoms with Crippen LogP contribution in [0.15, 0.2) is 18.2 Å². The summed E-state index contributed by atoms with van der Waals surface area (Å²) in [6.07, 6.45) is -0.806. The SMILES string of the molecule is CC(C)(C)[C@@](CCC(N)=O)(C(=O)O)N1C(=O)c2cccc([N+](=O)[O-])c2C1=O. The first-order chi connectivity index (χ1) is 12.4. The zero-order valence-corrected chi connectivity index (χ0v) is 15.0. The maximum Gasteiger partial charge on any atom is 0.330 e. The fraction of sp³-hybridized carbons (Fsp3) is 0.412. The molecule has 10 nitrogen and oxygen atoms in total. The molecule has 0 radical (unpaired) electrons. The summed E-state index contributed by atoms with van der Waals surface area (Å²) in [5, 5.41) is 21.3. The van der Waals surface area contributed by atoms with Crippen LogP contribution in [0.5, 0.6) is 0 Å². The Labute approximate surface area is 154 Å². The Morgan fingerprint density at radius 2 is 1.81 bits per heavy atom. The summed E-state index contributed by atoms with van der Waals surface area (Å²) in [5.74, 6) is -4.34. The van der Waals surface area contributed by atoms with E-state index in [4.69, 9.17) is 5.73 Å². The molecule has 1 atom stereocenters. The second-order valence-electron chi connectivity index (χ2n) is 7.28.